The number of hydrogen-bond donors (Lipinski definition) is 3. The number of halogens is 1. The monoisotopic (exact) mass is 514 g/mol. The van der Waals surface area contributed by atoms with Crippen LogP contribution in [0.3, 0.4) is 0 Å². The van der Waals surface area contributed by atoms with Gasteiger partial charge in [-0.15, -0.1) is 0 Å². The molecule has 0 spiro atoms. The standard InChI is InChI=1S/C22H31IN2O4/c1-15(4-9-19(25)18(10-12-23)21(27)28)20(26)17-7-5-16(6-8-17)11-13-29-22(2,3)14-24/h4-9,18H,10-14,24-25H2,1-3H3,(H,27,28)/b15-4+,19-9-/t18-/m0/s1. The largest absolute Gasteiger partial charge is 0.481 e. The van der Waals surface area contributed by atoms with E-state index in [1.807, 2.05) is 26.0 Å². The van der Waals surface area contributed by atoms with Crippen LogP contribution >= 0.6 is 22.6 Å². The van der Waals surface area contributed by atoms with Crippen molar-refractivity contribution in [3.63, 3.8) is 0 Å². The summed E-state index contributed by atoms with van der Waals surface area (Å²) in [6.45, 7) is 6.60. The van der Waals surface area contributed by atoms with Gasteiger partial charge in [0.15, 0.2) is 5.78 Å². The van der Waals surface area contributed by atoms with Crippen molar-refractivity contribution >= 4 is 34.3 Å². The number of carboxylic acids is 1. The first-order valence-corrected chi connectivity index (χ1v) is 11.0. The van der Waals surface area contributed by atoms with Gasteiger partial charge in [0.2, 0.25) is 0 Å². The molecule has 0 unspecified atom stereocenters. The Hall–Kier alpha value is -1.71. The van der Waals surface area contributed by atoms with Crippen molar-refractivity contribution in [1.29, 1.82) is 0 Å². The maximum atomic E-state index is 12.6. The van der Waals surface area contributed by atoms with E-state index in [0.29, 0.717) is 35.1 Å². The molecule has 1 rings (SSSR count). The summed E-state index contributed by atoms with van der Waals surface area (Å²) in [5.41, 5.74) is 13.6. The number of ketones is 1. The van der Waals surface area contributed by atoms with Crippen LogP contribution in [0.15, 0.2) is 47.7 Å². The second-order valence-corrected chi connectivity index (χ2v) is 8.55. The highest BCUT2D eigenvalue weighted by Gasteiger charge is 2.19. The summed E-state index contributed by atoms with van der Waals surface area (Å²) < 4.78 is 6.43. The Labute approximate surface area is 186 Å². The summed E-state index contributed by atoms with van der Waals surface area (Å²) in [6, 6.07) is 7.38. The van der Waals surface area contributed by atoms with Crippen LogP contribution in [0.4, 0.5) is 0 Å². The average Bonchev–Trinajstić information content (AvgIpc) is 2.69. The summed E-state index contributed by atoms with van der Waals surface area (Å²) >= 11 is 2.12. The lowest BCUT2D eigenvalue weighted by Crippen LogP contribution is -2.34. The topological polar surface area (TPSA) is 116 Å². The molecule has 0 saturated carbocycles. The predicted octanol–water partition coefficient (Wildman–Crippen LogP) is 3.48. The molecule has 1 aromatic rings. The molecule has 0 aliphatic rings. The molecule has 0 aliphatic carbocycles. The van der Waals surface area contributed by atoms with Crippen molar-refractivity contribution in [1.82, 2.24) is 0 Å². The number of alkyl halides is 1. The lowest BCUT2D eigenvalue weighted by atomic mass is 10.00. The Balaban J connectivity index is 2.76. The van der Waals surface area contributed by atoms with Crippen LogP contribution in [0, 0.1) is 5.92 Å². The highest BCUT2D eigenvalue weighted by molar-refractivity contribution is 14.1. The molecule has 0 aliphatic heterocycles. The fourth-order valence-electron chi connectivity index (χ4n) is 2.51. The summed E-state index contributed by atoms with van der Waals surface area (Å²) in [6.07, 6.45) is 4.28. The molecule has 1 aromatic carbocycles. The molecule has 5 N–H and O–H groups in total. The minimum absolute atomic E-state index is 0.123. The number of benzene rings is 1. The SMILES string of the molecule is C/C(=C\C=C(/N)[C@H](CCI)C(=O)O)C(=O)c1ccc(CCOC(C)(C)CN)cc1. The van der Waals surface area contributed by atoms with Gasteiger partial charge in [-0.25, -0.2) is 0 Å². The number of nitrogens with two attached hydrogens (primary N) is 2. The Morgan fingerprint density at radius 3 is 2.38 bits per heavy atom. The molecule has 0 amide bonds. The summed E-state index contributed by atoms with van der Waals surface area (Å²) in [7, 11) is 0. The second-order valence-electron chi connectivity index (χ2n) is 7.47. The lowest BCUT2D eigenvalue weighted by molar-refractivity contribution is -0.140. The molecule has 160 valence electrons. The van der Waals surface area contributed by atoms with Crippen molar-refractivity contribution in [3.05, 3.63) is 58.8 Å². The molecule has 1 atom stereocenters. The van der Waals surface area contributed by atoms with Gasteiger partial charge in [0, 0.05) is 22.2 Å². The van der Waals surface area contributed by atoms with E-state index in [9.17, 15) is 14.7 Å². The van der Waals surface area contributed by atoms with Crippen LogP contribution in [0.25, 0.3) is 0 Å². The molecule has 7 heteroatoms. The van der Waals surface area contributed by atoms with Gasteiger partial charge in [-0.2, -0.15) is 0 Å². The van der Waals surface area contributed by atoms with E-state index in [1.165, 1.54) is 6.08 Å². The zero-order valence-electron chi connectivity index (χ0n) is 17.3. The van der Waals surface area contributed by atoms with Crippen LogP contribution in [0.2, 0.25) is 0 Å². The zero-order valence-corrected chi connectivity index (χ0v) is 19.4. The van der Waals surface area contributed by atoms with E-state index in [-0.39, 0.29) is 17.1 Å². The van der Waals surface area contributed by atoms with Gasteiger partial charge in [-0.3, -0.25) is 9.59 Å². The smallest absolute Gasteiger partial charge is 0.312 e. The highest BCUT2D eigenvalue weighted by Crippen LogP contribution is 2.15. The Kier molecular flexibility index (Phi) is 10.6. The number of carbonyl (C=O) groups is 2. The first kappa shape index (κ1) is 25.3. The maximum absolute atomic E-state index is 12.6. The number of carbonyl (C=O) groups excluding carboxylic acids is 1. The van der Waals surface area contributed by atoms with Crippen molar-refractivity contribution in [2.75, 3.05) is 17.6 Å². The van der Waals surface area contributed by atoms with E-state index >= 15 is 0 Å². The molecular formula is C22H31IN2O4. The number of carboxylic acid groups (broad SMARTS) is 1. The number of allylic oxidation sites excluding steroid dienone is 3. The third-order valence-corrected chi connectivity index (χ3v) is 5.20. The van der Waals surface area contributed by atoms with E-state index in [1.54, 1.807) is 25.1 Å². The average molecular weight is 514 g/mol. The molecule has 29 heavy (non-hydrogen) atoms. The van der Waals surface area contributed by atoms with Crippen molar-refractivity contribution < 1.29 is 19.4 Å². The van der Waals surface area contributed by atoms with Gasteiger partial charge in [-0.1, -0.05) is 52.9 Å². The number of rotatable bonds is 12. The van der Waals surface area contributed by atoms with E-state index in [0.717, 1.165) is 12.0 Å². The van der Waals surface area contributed by atoms with Crippen molar-refractivity contribution in [2.24, 2.45) is 17.4 Å². The molecule has 6 nitrogen and oxygen atoms in total. The Morgan fingerprint density at radius 1 is 1.24 bits per heavy atom. The van der Waals surface area contributed by atoms with Gasteiger partial charge < -0.3 is 21.3 Å². The molecule has 0 bridgehead atoms. The first-order chi connectivity index (χ1) is 13.6. The van der Waals surface area contributed by atoms with Crippen molar-refractivity contribution in [2.45, 2.75) is 39.2 Å². The van der Waals surface area contributed by atoms with Crippen LogP contribution in [0.1, 0.15) is 43.1 Å². The second kappa shape index (κ2) is 12.1. The van der Waals surface area contributed by atoms with Gasteiger partial charge in [0.1, 0.15) is 0 Å². The zero-order chi connectivity index (χ0) is 22.0. The van der Waals surface area contributed by atoms with Crippen LogP contribution in [-0.4, -0.2) is 40.0 Å². The minimum atomic E-state index is -0.956. The first-order valence-electron chi connectivity index (χ1n) is 9.51. The highest BCUT2D eigenvalue weighted by atomic mass is 127. The minimum Gasteiger partial charge on any atom is -0.481 e. The predicted molar refractivity (Wildman–Crippen MR) is 124 cm³/mol. The van der Waals surface area contributed by atoms with Gasteiger partial charge >= 0.3 is 5.97 Å². The fourth-order valence-corrected chi connectivity index (χ4v) is 3.13. The molecule has 0 fully saturated rings. The summed E-state index contributed by atoms with van der Waals surface area (Å²) in [5, 5.41) is 9.25. The van der Waals surface area contributed by atoms with Gasteiger partial charge in [-0.05, 0) is 50.8 Å². The maximum Gasteiger partial charge on any atom is 0.312 e. The molecule has 0 heterocycles. The Morgan fingerprint density at radius 2 is 1.86 bits per heavy atom. The third kappa shape index (κ3) is 8.67. The van der Waals surface area contributed by atoms with Crippen molar-refractivity contribution in [3.8, 4) is 0 Å². The summed E-state index contributed by atoms with van der Waals surface area (Å²) in [4.78, 5) is 23.9. The number of aliphatic carboxylic acids is 1. The normalized spacial score (nSPS) is 14.0. The third-order valence-electron chi connectivity index (χ3n) is 4.57. The molecule has 0 saturated heterocycles. The molecular weight excluding hydrogens is 483 g/mol. The van der Waals surface area contributed by atoms with E-state index in [2.05, 4.69) is 22.6 Å². The fraction of sp³-hybridized carbons (Fsp3) is 0.455. The van der Waals surface area contributed by atoms with Crippen LogP contribution in [0.5, 0.6) is 0 Å². The lowest BCUT2D eigenvalue weighted by Gasteiger charge is -2.23. The Bertz CT molecular complexity index is 755. The van der Waals surface area contributed by atoms with Gasteiger partial charge in [0.05, 0.1) is 18.1 Å². The quantitative estimate of drug-likeness (QED) is 0.129. The van der Waals surface area contributed by atoms with Crippen LogP contribution in [-0.2, 0) is 16.0 Å². The number of ether oxygens (including phenoxy) is 1. The number of hydrogen-bond acceptors (Lipinski definition) is 5. The summed E-state index contributed by atoms with van der Waals surface area (Å²) in [5.74, 6) is -1.82. The van der Waals surface area contributed by atoms with Gasteiger partial charge in [0.25, 0.3) is 0 Å². The number of Topliss-reactive ketones (excluding diaryl/α,β-unsaturated/α-hetero) is 1. The molecule has 0 aromatic heterocycles. The van der Waals surface area contributed by atoms with E-state index in [4.69, 9.17) is 16.2 Å². The van der Waals surface area contributed by atoms with Crippen LogP contribution < -0.4 is 11.5 Å². The van der Waals surface area contributed by atoms with E-state index < -0.39 is 11.9 Å². The molecule has 0 radical (unpaired) electrons.